The molecular formula is C20H22FN5O2. The second-order valence-electron chi connectivity index (χ2n) is 7.87. The molecule has 3 aromatic rings. The molecule has 0 unspecified atom stereocenters. The molecular weight excluding hydrogens is 361 g/mol. The standard InChI is InChI=1S/C20H22FN5O2/c1-25-18(27)15-16(13-3-2-4-14(21)11-13)23-24-17(15)22-19(25)26-8-5-20(6-9-26)7-10-28-12-20/h2-4,11H,5-10,12H2,1H3,(H,23,24). The maximum atomic E-state index is 13.6. The Labute approximate surface area is 161 Å². The fourth-order valence-corrected chi connectivity index (χ4v) is 4.40. The van der Waals surface area contributed by atoms with Gasteiger partial charge in [0.05, 0.1) is 6.61 Å². The van der Waals surface area contributed by atoms with Gasteiger partial charge in [0.1, 0.15) is 16.9 Å². The van der Waals surface area contributed by atoms with Crippen molar-refractivity contribution in [2.75, 3.05) is 31.2 Å². The van der Waals surface area contributed by atoms with Gasteiger partial charge in [0, 0.05) is 32.3 Å². The van der Waals surface area contributed by atoms with Crippen molar-refractivity contribution in [3.8, 4) is 11.3 Å². The minimum atomic E-state index is -0.367. The minimum Gasteiger partial charge on any atom is -0.381 e. The first-order chi connectivity index (χ1) is 13.6. The zero-order valence-corrected chi connectivity index (χ0v) is 15.7. The van der Waals surface area contributed by atoms with Crippen molar-refractivity contribution < 1.29 is 9.13 Å². The molecule has 2 saturated heterocycles. The largest absolute Gasteiger partial charge is 0.381 e. The summed E-state index contributed by atoms with van der Waals surface area (Å²) in [6.07, 6.45) is 3.20. The summed E-state index contributed by atoms with van der Waals surface area (Å²) in [5.74, 6) is 0.272. The van der Waals surface area contributed by atoms with E-state index in [1.807, 2.05) is 0 Å². The first-order valence-electron chi connectivity index (χ1n) is 9.60. The summed E-state index contributed by atoms with van der Waals surface area (Å²) in [7, 11) is 1.73. The molecule has 2 aliphatic rings. The summed E-state index contributed by atoms with van der Waals surface area (Å²) in [5.41, 5.74) is 1.52. The van der Waals surface area contributed by atoms with Gasteiger partial charge in [-0.25, -0.2) is 4.39 Å². The SMILES string of the molecule is Cn1c(N2CCC3(CCOC3)CC2)nc2[nH]nc(-c3cccc(F)c3)c2c1=O. The zero-order valence-electron chi connectivity index (χ0n) is 15.7. The summed E-state index contributed by atoms with van der Waals surface area (Å²) >= 11 is 0. The van der Waals surface area contributed by atoms with E-state index >= 15 is 0 Å². The highest BCUT2D eigenvalue weighted by atomic mass is 19.1. The van der Waals surface area contributed by atoms with Crippen molar-refractivity contribution in [1.29, 1.82) is 0 Å². The van der Waals surface area contributed by atoms with Crippen LogP contribution in [0.25, 0.3) is 22.3 Å². The molecule has 4 heterocycles. The average molecular weight is 383 g/mol. The third-order valence-corrected chi connectivity index (χ3v) is 6.17. The number of benzene rings is 1. The quantitative estimate of drug-likeness (QED) is 0.736. The normalized spacial score (nSPS) is 19.0. The van der Waals surface area contributed by atoms with E-state index in [1.54, 1.807) is 23.7 Å². The van der Waals surface area contributed by atoms with Crippen molar-refractivity contribution in [3.05, 3.63) is 40.4 Å². The van der Waals surface area contributed by atoms with Gasteiger partial charge in [-0.05, 0) is 36.8 Å². The summed E-state index contributed by atoms with van der Waals surface area (Å²) < 4.78 is 20.8. The highest BCUT2D eigenvalue weighted by Crippen LogP contribution is 2.39. The Morgan fingerprint density at radius 1 is 1.25 bits per heavy atom. The van der Waals surface area contributed by atoms with Gasteiger partial charge in [-0.1, -0.05) is 12.1 Å². The number of fused-ring (bicyclic) bond motifs is 1. The van der Waals surface area contributed by atoms with Gasteiger partial charge in [0.15, 0.2) is 5.65 Å². The van der Waals surface area contributed by atoms with E-state index in [9.17, 15) is 9.18 Å². The van der Waals surface area contributed by atoms with Crippen LogP contribution in [0.1, 0.15) is 19.3 Å². The van der Waals surface area contributed by atoms with E-state index in [4.69, 9.17) is 4.74 Å². The van der Waals surface area contributed by atoms with E-state index in [-0.39, 0.29) is 16.8 Å². The molecule has 2 aromatic heterocycles. The Morgan fingerprint density at radius 2 is 2.07 bits per heavy atom. The fourth-order valence-electron chi connectivity index (χ4n) is 4.40. The second kappa shape index (κ2) is 6.41. The molecule has 0 aliphatic carbocycles. The first kappa shape index (κ1) is 17.4. The number of aromatic amines is 1. The van der Waals surface area contributed by atoms with Crippen molar-refractivity contribution in [2.24, 2.45) is 12.5 Å². The second-order valence-corrected chi connectivity index (χ2v) is 7.87. The Bertz CT molecular complexity index is 1090. The molecule has 5 rings (SSSR count). The number of halogens is 1. The van der Waals surface area contributed by atoms with Crippen LogP contribution in [0.3, 0.4) is 0 Å². The molecule has 2 aliphatic heterocycles. The number of rotatable bonds is 2. The molecule has 0 atom stereocenters. The van der Waals surface area contributed by atoms with E-state index in [2.05, 4.69) is 20.1 Å². The Balaban J connectivity index is 1.52. The Kier molecular flexibility index (Phi) is 3.97. The van der Waals surface area contributed by atoms with Gasteiger partial charge in [-0.2, -0.15) is 10.1 Å². The van der Waals surface area contributed by atoms with Gasteiger partial charge in [0.25, 0.3) is 5.56 Å². The number of nitrogens with zero attached hydrogens (tertiary/aromatic N) is 4. The number of hydrogen-bond acceptors (Lipinski definition) is 5. The molecule has 1 aromatic carbocycles. The molecule has 0 bridgehead atoms. The number of aromatic nitrogens is 4. The maximum absolute atomic E-state index is 13.6. The lowest BCUT2D eigenvalue weighted by Crippen LogP contribution is -2.43. The van der Waals surface area contributed by atoms with Crippen molar-refractivity contribution in [2.45, 2.75) is 19.3 Å². The Morgan fingerprint density at radius 3 is 2.79 bits per heavy atom. The van der Waals surface area contributed by atoms with Crippen LogP contribution in [-0.2, 0) is 11.8 Å². The van der Waals surface area contributed by atoms with Crippen molar-refractivity contribution in [1.82, 2.24) is 19.7 Å². The molecule has 8 heteroatoms. The predicted molar refractivity (Wildman–Crippen MR) is 104 cm³/mol. The van der Waals surface area contributed by atoms with Gasteiger partial charge in [0.2, 0.25) is 5.95 Å². The summed E-state index contributed by atoms with van der Waals surface area (Å²) in [6.45, 7) is 3.38. The van der Waals surface area contributed by atoms with Crippen LogP contribution in [0.5, 0.6) is 0 Å². The van der Waals surface area contributed by atoms with E-state index in [0.29, 0.717) is 28.2 Å². The van der Waals surface area contributed by atoms with Gasteiger partial charge < -0.3 is 9.64 Å². The van der Waals surface area contributed by atoms with Gasteiger partial charge >= 0.3 is 0 Å². The third-order valence-electron chi connectivity index (χ3n) is 6.17. The summed E-state index contributed by atoms with van der Waals surface area (Å²) in [6, 6.07) is 6.08. The van der Waals surface area contributed by atoms with Crippen LogP contribution in [0.2, 0.25) is 0 Å². The average Bonchev–Trinajstić information content (AvgIpc) is 3.33. The number of anilines is 1. The smallest absolute Gasteiger partial charge is 0.266 e. The number of ether oxygens (including phenoxy) is 1. The predicted octanol–water partition coefficient (Wildman–Crippen LogP) is 2.47. The molecule has 2 fully saturated rings. The lowest BCUT2D eigenvalue weighted by Gasteiger charge is -2.39. The zero-order chi connectivity index (χ0) is 19.3. The van der Waals surface area contributed by atoms with E-state index in [1.165, 1.54) is 12.1 Å². The molecule has 0 radical (unpaired) electrons. The highest BCUT2D eigenvalue weighted by Gasteiger charge is 2.38. The van der Waals surface area contributed by atoms with Crippen molar-refractivity contribution >= 4 is 17.0 Å². The van der Waals surface area contributed by atoms with Crippen molar-refractivity contribution in [3.63, 3.8) is 0 Å². The van der Waals surface area contributed by atoms with Crippen LogP contribution < -0.4 is 10.5 Å². The first-order valence-corrected chi connectivity index (χ1v) is 9.60. The third kappa shape index (κ3) is 2.71. The maximum Gasteiger partial charge on any atom is 0.266 e. The number of nitrogens with one attached hydrogen (secondary N) is 1. The Hall–Kier alpha value is -2.74. The summed E-state index contributed by atoms with van der Waals surface area (Å²) in [4.78, 5) is 20.0. The van der Waals surface area contributed by atoms with Crippen LogP contribution in [-0.4, -0.2) is 46.1 Å². The van der Waals surface area contributed by atoms with E-state index < -0.39 is 0 Å². The highest BCUT2D eigenvalue weighted by molar-refractivity contribution is 5.90. The monoisotopic (exact) mass is 383 g/mol. The number of piperidine rings is 1. The molecule has 0 amide bonds. The number of H-pyrrole nitrogens is 1. The fraction of sp³-hybridized carbons (Fsp3) is 0.450. The van der Waals surface area contributed by atoms with Crippen LogP contribution >= 0.6 is 0 Å². The lowest BCUT2D eigenvalue weighted by molar-refractivity contribution is 0.133. The molecule has 1 spiro atoms. The van der Waals surface area contributed by atoms with Gasteiger partial charge in [-0.15, -0.1) is 0 Å². The molecule has 28 heavy (non-hydrogen) atoms. The van der Waals surface area contributed by atoms with Crippen LogP contribution in [0, 0.1) is 11.2 Å². The minimum absolute atomic E-state index is 0.183. The van der Waals surface area contributed by atoms with E-state index in [0.717, 1.165) is 45.6 Å². The molecule has 146 valence electrons. The lowest BCUT2D eigenvalue weighted by atomic mass is 9.78. The van der Waals surface area contributed by atoms with Gasteiger partial charge in [-0.3, -0.25) is 14.5 Å². The number of hydrogen-bond donors (Lipinski definition) is 1. The molecule has 0 saturated carbocycles. The molecule has 1 N–H and O–H groups in total. The summed E-state index contributed by atoms with van der Waals surface area (Å²) in [5, 5.41) is 7.49. The topological polar surface area (TPSA) is 76.0 Å². The van der Waals surface area contributed by atoms with Crippen LogP contribution in [0.15, 0.2) is 29.1 Å². The van der Waals surface area contributed by atoms with Crippen LogP contribution in [0.4, 0.5) is 10.3 Å². The molecule has 7 nitrogen and oxygen atoms in total.